The van der Waals surface area contributed by atoms with Crippen LogP contribution >= 0.6 is 15.9 Å². The van der Waals surface area contributed by atoms with Crippen molar-refractivity contribution in [1.82, 2.24) is 9.97 Å². The van der Waals surface area contributed by atoms with Gasteiger partial charge in [-0.05, 0) is 29.2 Å². The van der Waals surface area contributed by atoms with E-state index in [4.69, 9.17) is 4.74 Å². The molecule has 2 aromatic rings. The molecule has 1 N–H and O–H groups in total. The molecule has 0 aliphatic rings. The lowest BCUT2D eigenvalue weighted by molar-refractivity contribution is -0.390. The quantitative estimate of drug-likeness (QED) is 0.676. The number of aromatic amines is 1. The highest BCUT2D eigenvalue weighted by atomic mass is 79.9. The molecule has 6 nitrogen and oxygen atoms in total. The van der Waals surface area contributed by atoms with Gasteiger partial charge in [-0.15, -0.1) is 0 Å². The van der Waals surface area contributed by atoms with Crippen LogP contribution in [0.4, 0.5) is 5.82 Å². The third-order valence-electron chi connectivity index (χ3n) is 2.48. The van der Waals surface area contributed by atoms with Crippen LogP contribution in [0, 0.1) is 17.0 Å². The Morgan fingerprint density at radius 2 is 2.11 bits per heavy atom. The fraction of sp³-hybridized carbons (Fsp3) is 0.250. The topological polar surface area (TPSA) is 81.1 Å². The van der Waals surface area contributed by atoms with E-state index in [2.05, 4.69) is 25.9 Å². The van der Waals surface area contributed by atoms with Crippen LogP contribution in [0.5, 0.6) is 5.75 Å². The summed E-state index contributed by atoms with van der Waals surface area (Å²) in [4.78, 5) is 17.1. The van der Waals surface area contributed by atoms with Gasteiger partial charge in [0.2, 0.25) is 0 Å². The standard InChI is InChI=1S/C12H12BrN3O3/c1-8-14-11(12(15-8)16(17)18)6-7-19-10-4-2-9(13)3-5-10/h2-5H,6-7H2,1H3,(H,14,15). The van der Waals surface area contributed by atoms with Crippen molar-refractivity contribution >= 4 is 21.7 Å². The number of ether oxygens (including phenoxy) is 1. The first-order valence-corrected chi connectivity index (χ1v) is 6.44. The van der Waals surface area contributed by atoms with Crippen molar-refractivity contribution in [3.8, 4) is 5.75 Å². The molecule has 1 aromatic carbocycles. The molecule has 0 amide bonds. The van der Waals surface area contributed by atoms with Gasteiger partial charge in [-0.1, -0.05) is 15.9 Å². The van der Waals surface area contributed by atoms with Crippen LogP contribution in [0.3, 0.4) is 0 Å². The molecule has 0 saturated carbocycles. The Morgan fingerprint density at radius 1 is 1.42 bits per heavy atom. The van der Waals surface area contributed by atoms with Crippen molar-refractivity contribution in [2.75, 3.05) is 6.61 Å². The van der Waals surface area contributed by atoms with Crippen molar-refractivity contribution in [3.63, 3.8) is 0 Å². The first-order chi connectivity index (χ1) is 9.06. The average molecular weight is 326 g/mol. The van der Waals surface area contributed by atoms with Gasteiger partial charge in [-0.3, -0.25) is 0 Å². The van der Waals surface area contributed by atoms with Gasteiger partial charge >= 0.3 is 5.82 Å². The van der Waals surface area contributed by atoms with Crippen LogP contribution in [0.1, 0.15) is 11.5 Å². The van der Waals surface area contributed by atoms with Gasteiger partial charge in [0.1, 0.15) is 11.4 Å². The minimum Gasteiger partial charge on any atom is -0.493 e. The predicted molar refractivity (Wildman–Crippen MR) is 73.3 cm³/mol. The van der Waals surface area contributed by atoms with Gasteiger partial charge in [0.15, 0.2) is 5.82 Å². The Bertz CT molecular complexity index is 580. The highest BCUT2D eigenvalue weighted by molar-refractivity contribution is 9.10. The normalized spacial score (nSPS) is 10.4. The maximum Gasteiger partial charge on any atom is 0.344 e. The smallest absolute Gasteiger partial charge is 0.344 e. The maximum atomic E-state index is 10.8. The van der Waals surface area contributed by atoms with Gasteiger partial charge in [0, 0.05) is 17.8 Å². The van der Waals surface area contributed by atoms with Crippen molar-refractivity contribution < 1.29 is 9.66 Å². The number of hydrogen-bond donors (Lipinski definition) is 1. The number of H-pyrrole nitrogens is 1. The van der Waals surface area contributed by atoms with Crippen LogP contribution in [-0.4, -0.2) is 21.5 Å². The number of rotatable bonds is 5. The Labute approximate surface area is 118 Å². The maximum absolute atomic E-state index is 10.8. The highest BCUT2D eigenvalue weighted by Crippen LogP contribution is 2.18. The summed E-state index contributed by atoms with van der Waals surface area (Å²) in [5.74, 6) is 1.19. The Balaban J connectivity index is 1.96. The lowest BCUT2D eigenvalue weighted by Gasteiger charge is -2.04. The average Bonchev–Trinajstić information content (AvgIpc) is 2.73. The number of aryl methyl sites for hydroxylation is 1. The third-order valence-corrected chi connectivity index (χ3v) is 3.01. The number of aromatic nitrogens is 2. The van der Waals surface area contributed by atoms with Crippen LogP contribution in [0.2, 0.25) is 0 Å². The van der Waals surface area contributed by atoms with E-state index in [1.54, 1.807) is 6.92 Å². The Morgan fingerprint density at radius 3 is 2.74 bits per heavy atom. The lowest BCUT2D eigenvalue weighted by Crippen LogP contribution is -2.04. The van der Waals surface area contributed by atoms with E-state index < -0.39 is 4.92 Å². The molecule has 0 radical (unpaired) electrons. The predicted octanol–water partition coefficient (Wildman–Crippen LogP) is 3.01. The highest BCUT2D eigenvalue weighted by Gasteiger charge is 2.17. The van der Waals surface area contributed by atoms with Crippen molar-refractivity contribution in [3.05, 3.63) is 50.4 Å². The van der Waals surface area contributed by atoms with E-state index in [9.17, 15) is 10.1 Å². The molecular weight excluding hydrogens is 314 g/mol. The number of nitrogens with one attached hydrogen (secondary N) is 1. The molecule has 0 aliphatic carbocycles. The zero-order valence-corrected chi connectivity index (χ0v) is 11.8. The fourth-order valence-corrected chi connectivity index (χ4v) is 1.91. The minimum atomic E-state index is -0.463. The number of hydrogen-bond acceptors (Lipinski definition) is 4. The van der Waals surface area contributed by atoms with Crippen molar-refractivity contribution in [2.24, 2.45) is 0 Å². The van der Waals surface area contributed by atoms with E-state index in [0.29, 0.717) is 24.5 Å². The molecule has 0 spiro atoms. The first kappa shape index (κ1) is 13.5. The molecule has 1 aromatic heterocycles. The van der Waals surface area contributed by atoms with E-state index >= 15 is 0 Å². The minimum absolute atomic E-state index is 0.0584. The zero-order valence-electron chi connectivity index (χ0n) is 10.2. The van der Waals surface area contributed by atoms with Crippen LogP contribution in [0.15, 0.2) is 28.7 Å². The number of halogens is 1. The molecule has 0 fully saturated rings. The molecule has 19 heavy (non-hydrogen) atoms. The molecule has 1 heterocycles. The van der Waals surface area contributed by atoms with Gasteiger partial charge in [0.25, 0.3) is 0 Å². The van der Waals surface area contributed by atoms with Crippen LogP contribution in [-0.2, 0) is 6.42 Å². The van der Waals surface area contributed by atoms with Gasteiger partial charge in [-0.2, -0.15) is 0 Å². The van der Waals surface area contributed by atoms with Crippen LogP contribution < -0.4 is 4.74 Å². The third kappa shape index (κ3) is 3.54. The Hall–Kier alpha value is -1.89. The molecule has 0 unspecified atom stereocenters. The number of imidazole rings is 1. The molecule has 2 rings (SSSR count). The first-order valence-electron chi connectivity index (χ1n) is 5.64. The second-order valence-corrected chi connectivity index (χ2v) is 4.84. The molecule has 0 saturated heterocycles. The van der Waals surface area contributed by atoms with E-state index in [0.717, 1.165) is 10.2 Å². The summed E-state index contributed by atoms with van der Waals surface area (Å²) < 4.78 is 6.48. The number of benzene rings is 1. The van der Waals surface area contributed by atoms with Crippen molar-refractivity contribution in [1.29, 1.82) is 0 Å². The fourth-order valence-electron chi connectivity index (χ4n) is 1.65. The number of nitrogens with zero attached hydrogens (tertiary/aromatic N) is 2. The summed E-state index contributed by atoms with van der Waals surface area (Å²) in [5.41, 5.74) is 0.416. The summed E-state index contributed by atoms with van der Waals surface area (Å²) in [6, 6.07) is 7.40. The molecule has 100 valence electrons. The summed E-state index contributed by atoms with van der Waals surface area (Å²) in [6.45, 7) is 2.03. The van der Waals surface area contributed by atoms with Gasteiger partial charge in [0.05, 0.1) is 6.61 Å². The molecule has 0 bridgehead atoms. The van der Waals surface area contributed by atoms with Crippen LogP contribution in [0.25, 0.3) is 0 Å². The molecule has 0 atom stereocenters. The summed E-state index contributed by atoms with van der Waals surface area (Å²) in [6.07, 6.45) is 0.386. The summed E-state index contributed by atoms with van der Waals surface area (Å²) in [5, 5.41) is 10.8. The van der Waals surface area contributed by atoms with E-state index in [1.165, 1.54) is 0 Å². The monoisotopic (exact) mass is 325 g/mol. The molecule has 0 aliphatic heterocycles. The summed E-state index contributed by atoms with van der Waals surface area (Å²) in [7, 11) is 0. The lowest BCUT2D eigenvalue weighted by atomic mass is 10.3. The summed E-state index contributed by atoms with van der Waals surface area (Å²) >= 11 is 3.33. The molecular formula is C12H12BrN3O3. The SMILES string of the molecule is Cc1nc(CCOc2ccc(Br)cc2)c([N+](=O)[O-])[nH]1. The van der Waals surface area contributed by atoms with Crippen molar-refractivity contribution in [2.45, 2.75) is 13.3 Å². The second-order valence-electron chi connectivity index (χ2n) is 3.93. The zero-order chi connectivity index (χ0) is 13.8. The Kier molecular flexibility index (Phi) is 4.16. The largest absolute Gasteiger partial charge is 0.493 e. The molecule has 7 heteroatoms. The second kappa shape index (κ2) is 5.83. The van der Waals surface area contributed by atoms with Gasteiger partial charge in [-0.25, -0.2) is 9.97 Å². The van der Waals surface area contributed by atoms with E-state index in [-0.39, 0.29) is 5.82 Å². The van der Waals surface area contributed by atoms with E-state index in [1.807, 2.05) is 24.3 Å². The van der Waals surface area contributed by atoms with Gasteiger partial charge < -0.3 is 14.9 Å². The number of nitro groups is 1.